The van der Waals surface area contributed by atoms with Crippen LogP contribution in [0.15, 0.2) is 77.7 Å². The van der Waals surface area contributed by atoms with Gasteiger partial charge in [-0.15, -0.1) is 0 Å². The number of halogens is 1. The summed E-state index contributed by atoms with van der Waals surface area (Å²) in [5, 5.41) is 0.389. The topological polar surface area (TPSA) is 55.8 Å². The summed E-state index contributed by atoms with van der Waals surface area (Å²) in [5.41, 5.74) is 2.89. The zero-order valence-electron chi connectivity index (χ0n) is 16.3. The van der Waals surface area contributed by atoms with Crippen molar-refractivity contribution in [3.05, 3.63) is 94.5 Å². The molecule has 3 aromatic rings. The highest BCUT2D eigenvalue weighted by Gasteiger charge is 2.28. The number of ether oxygens (including phenoxy) is 2. The van der Waals surface area contributed by atoms with Gasteiger partial charge in [-0.05, 0) is 41.5 Å². The Kier molecular flexibility index (Phi) is 6.39. The Hall–Kier alpha value is -2.38. The molecule has 0 bridgehead atoms. The van der Waals surface area contributed by atoms with Crippen molar-refractivity contribution in [2.75, 3.05) is 13.2 Å². The molecule has 0 N–H and O–H groups in total. The molecule has 0 radical (unpaired) electrons. The largest absolute Gasteiger partial charge is 0.492 e. The molecule has 1 heterocycles. The average Bonchev–Trinajstić information content (AvgIpc) is 2.97. The van der Waals surface area contributed by atoms with E-state index < -0.39 is 10.0 Å². The van der Waals surface area contributed by atoms with Crippen LogP contribution in [0.25, 0.3) is 0 Å². The molecule has 30 heavy (non-hydrogen) atoms. The minimum atomic E-state index is -3.68. The van der Waals surface area contributed by atoms with Crippen molar-refractivity contribution in [1.29, 1.82) is 0 Å². The minimum Gasteiger partial charge on any atom is -0.492 e. The van der Waals surface area contributed by atoms with Crippen molar-refractivity contribution in [3.63, 3.8) is 0 Å². The number of hydrogen-bond acceptors (Lipinski definition) is 4. The van der Waals surface area contributed by atoms with E-state index in [1.54, 1.807) is 18.2 Å². The van der Waals surface area contributed by atoms with Crippen LogP contribution < -0.4 is 4.74 Å². The fraction of sp³-hybridized carbons (Fsp3) is 0.217. The molecule has 156 valence electrons. The van der Waals surface area contributed by atoms with Crippen LogP contribution >= 0.6 is 11.6 Å². The van der Waals surface area contributed by atoms with Gasteiger partial charge in [0.15, 0.2) is 0 Å². The normalized spacial score (nSPS) is 14.6. The highest BCUT2D eigenvalue weighted by Crippen LogP contribution is 2.28. The van der Waals surface area contributed by atoms with Gasteiger partial charge >= 0.3 is 0 Å². The van der Waals surface area contributed by atoms with E-state index in [9.17, 15) is 8.42 Å². The lowest BCUT2D eigenvalue weighted by Crippen LogP contribution is -2.32. The molecule has 0 aromatic heterocycles. The van der Waals surface area contributed by atoms with Crippen LogP contribution in [0.2, 0.25) is 5.02 Å². The number of benzene rings is 3. The molecular formula is C23H22ClNO4S. The van der Waals surface area contributed by atoms with E-state index in [0.717, 1.165) is 16.7 Å². The Labute approximate surface area is 181 Å². The molecule has 0 amide bonds. The van der Waals surface area contributed by atoms with Gasteiger partial charge in [-0.2, -0.15) is 4.31 Å². The van der Waals surface area contributed by atoms with Crippen LogP contribution in [0.3, 0.4) is 0 Å². The first kappa shape index (κ1) is 20.9. The van der Waals surface area contributed by atoms with E-state index in [1.807, 2.05) is 48.5 Å². The summed E-state index contributed by atoms with van der Waals surface area (Å²) in [6.07, 6.45) is 0. The number of rotatable bonds is 6. The Morgan fingerprint density at radius 3 is 2.53 bits per heavy atom. The summed E-state index contributed by atoms with van der Waals surface area (Å²) < 4.78 is 39.2. The molecule has 7 heteroatoms. The van der Waals surface area contributed by atoms with Crippen molar-refractivity contribution >= 4 is 21.6 Å². The van der Waals surface area contributed by atoms with Gasteiger partial charge in [0.1, 0.15) is 12.4 Å². The molecular weight excluding hydrogens is 422 g/mol. The van der Waals surface area contributed by atoms with Gasteiger partial charge in [-0.25, -0.2) is 8.42 Å². The van der Waals surface area contributed by atoms with Crippen molar-refractivity contribution < 1.29 is 17.9 Å². The van der Waals surface area contributed by atoms with Crippen LogP contribution in [-0.2, 0) is 34.5 Å². The predicted octanol–water partition coefficient (Wildman–Crippen LogP) is 4.64. The van der Waals surface area contributed by atoms with E-state index in [-0.39, 0.29) is 24.6 Å². The fourth-order valence-electron chi connectivity index (χ4n) is 3.36. The van der Waals surface area contributed by atoms with Gasteiger partial charge in [-0.1, -0.05) is 54.1 Å². The van der Waals surface area contributed by atoms with Crippen LogP contribution in [0.1, 0.15) is 16.7 Å². The molecule has 1 aliphatic heterocycles. The van der Waals surface area contributed by atoms with Crippen LogP contribution in [-0.4, -0.2) is 25.9 Å². The third kappa shape index (κ3) is 4.84. The minimum absolute atomic E-state index is 0.181. The molecule has 5 nitrogen and oxygen atoms in total. The lowest BCUT2D eigenvalue weighted by molar-refractivity contribution is 0.107. The smallest absolute Gasteiger partial charge is 0.243 e. The van der Waals surface area contributed by atoms with E-state index >= 15 is 0 Å². The Bertz CT molecular complexity index is 1120. The summed E-state index contributed by atoms with van der Waals surface area (Å²) in [5.74, 6) is 0.700. The molecule has 0 unspecified atom stereocenters. The summed E-state index contributed by atoms with van der Waals surface area (Å²) in [7, 11) is -3.68. The summed E-state index contributed by atoms with van der Waals surface area (Å²) in [6, 6.07) is 22.1. The Morgan fingerprint density at radius 2 is 1.73 bits per heavy atom. The second-order valence-corrected chi connectivity index (χ2v) is 9.44. The first-order valence-electron chi connectivity index (χ1n) is 9.64. The molecule has 0 saturated heterocycles. The maximum Gasteiger partial charge on any atom is 0.243 e. The quantitative estimate of drug-likeness (QED) is 0.557. The first-order valence-corrected chi connectivity index (χ1v) is 11.5. The molecule has 0 fully saturated rings. The van der Waals surface area contributed by atoms with Crippen molar-refractivity contribution in [2.24, 2.45) is 0 Å². The van der Waals surface area contributed by atoms with Crippen molar-refractivity contribution in [1.82, 2.24) is 4.31 Å². The standard InChI is InChI=1S/C23H22ClNO4S/c24-21-7-4-8-22(14-21)30(26,27)25-11-12-29-23-10-9-19(13-20(23)15-25)17-28-16-18-5-2-1-3-6-18/h1-10,13-14H,11-12,15-17H2. The zero-order chi connectivity index (χ0) is 21.0. The number of fused-ring (bicyclic) bond motifs is 1. The molecule has 3 aromatic carbocycles. The fourth-order valence-corrected chi connectivity index (χ4v) is 5.06. The maximum absolute atomic E-state index is 13.1. The Balaban J connectivity index is 1.50. The van der Waals surface area contributed by atoms with E-state index in [0.29, 0.717) is 24.0 Å². The van der Waals surface area contributed by atoms with E-state index in [1.165, 1.54) is 10.4 Å². The van der Waals surface area contributed by atoms with Crippen molar-refractivity contribution in [3.8, 4) is 5.75 Å². The van der Waals surface area contributed by atoms with Crippen molar-refractivity contribution in [2.45, 2.75) is 24.7 Å². The third-order valence-corrected chi connectivity index (χ3v) is 6.96. The summed E-state index contributed by atoms with van der Waals surface area (Å²) >= 11 is 6.00. The second kappa shape index (κ2) is 9.18. The number of sulfonamides is 1. The molecule has 1 aliphatic rings. The first-order chi connectivity index (χ1) is 14.5. The van der Waals surface area contributed by atoms with Crippen LogP contribution in [0.4, 0.5) is 0 Å². The lowest BCUT2D eigenvalue weighted by atomic mass is 10.1. The molecule has 4 rings (SSSR count). The van der Waals surface area contributed by atoms with Gasteiger partial charge < -0.3 is 9.47 Å². The maximum atomic E-state index is 13.1. The summed E-state index contributed by atoms with van der Waals surface area (Å²) in [4.78, 5) is 0.181. The van der Waals surface area contributed by atoms with Gasteiger partial charge in [-0.3, -0.25) is 0 Å². The molecule has 0 atom stereocenters. The molecule has 0 spiro atoms. The second-order valence-electron chi connectivity index (χ2n) is 7.06. The SMILES string of the molecule is O=S(=O)(c1cccc(Cl)c1)N1CCOc2ccc(COCc3ccccc3)cc2C1. The third-order valence-electron chi connectivity index (χ3n) is 4.88. The van der Waals surface area contributed by atoms with Gasteiger partial charge in [0.2, 0.25) is 10.0 Å². The molecule has 0 saturated carbocycles. The highest BCUT2D eigenvalue weighted by atomic mass is 35.5. The summed E-state index contributed by atoms with van der Waals surface area (Å²) in [6.45, 7) is 1.74. The van der Waals surface area contributed by atoms with Crippen LogP contribution in [0, 0.1) is 0 Å². The lowest BCUT2D eigenvalue weighted by Gasteiger charge is -2.20. The highest BCUT2D eigenvalue weighted by molar-refractivity contribution is 7.89. The van der Waals surface area contributed by atoms with Gasteiger partial charge in [0, 0.05) is 23.7 Å². The van der Waals surface area contributed by atoms with Gasteiger partial charge in [0.25, 0.3) is 0 Å². The predicted molar refractivity (Wildman–Crippen MR) is 116 cm³/mol. The zero-order valence-corrected chi connectivity index (χ0v) is 17.9. The number of nitrogens with zero attached hydrogens (tertiary/aromatic N) is 1. The van der Waals surface area contributed by atoms with Crippen LogP contribution in [0.5, 0.6) is 5.75 Å². The Morgan fingerprint density at radius 1 is 0.933 bits per heavy atom. The average molecular weight is 444 g/mol. The van der Waals surface area contributed by atoms with E-state index in [4.69, 9.17) is 21.1 Å². The van der Waals surface area contributed by atoms with Gasteiger partial charge in [0.05, 0.1) is 18.1 Å². The molecule has 0 aliphatic carbocycles. The number of hydrogen-bond donors (Lipinski definition) is 0. The monoisotopic (exact) mass is 443 g/mol. The van der Waals surface area contributed by atoms with E-state index in [2.05, 4.69) is 0 Å².